The zero-order chi connectivity index (χ0) is 17.2. The van der Waals surface area contributed by atoms with Crippen LogP contribution in [-0.2, 0) is 10.0 Å². The van der Waals surface area contributed by atoms with Crippen LogP contribution in [0.5, 0.6) is 11.5 Å². The summed E-state index contributed by atoms with van der Waals surface area (Å²) in [4.78, 5) is 10.8. The second-order valence-electron chi connectivity index (χ2n) is 5.18. The first-order valence-electron chi connectivity index (χ1n) is 7.17. The third-order valence-electron chi connectivity index (χ3n) is 3.46. The minimum absolute atomic E-state index is 0.00790. The Balaban J connectivity index is 1.68. The lowest BCUT2D eigenvalue weighted by molar-refractivity contribution is 0.0696. The summed E-state index contributed by atoms with van der Waals surface area (Å²) in [6.07, 6.45) is -0.475. The van der Waals surface area contributed by atoms with Crippen molar-refractivity contribution in [2.45, 2.75) is 11.0 Å². The first kappa shape index (κ1) is 16.3. The summed E-state index contributed by atoms with van der Waals surface area (Å²) in [5.74, 6) is -0.0146. The Morgan fingerprint density at radius 3 is 2.67 bits per heavy atom. The second kappa shape index (κ2) is 6.50. The molecule has 1 aliphatic heterocycles. The van der Waals surface area contributed by atoms with Crippen molar-refractivity contribution in [1.82, 2.24) is 4.72 Å². The Hall–Kier alpha value is -2.58. The standard InChI is InChI=1S/C16H15NO6S/c18-16(19)11-4-3-5-13(8-11)24(20,21)17-9-12-10-22-14-6-1-2-7-15(14)23-12/h1-8,12,17H,9-10H2,(H,18,19)/t12-/m1/s1. The predicted molar refractivity (Wildman–Crippen MR) is 84.9 cm³/mol. The van der Waals surface area contributed by atoms with Gasteiger partial charge in [-0.3, -0.25) is 0 Å². The van der Waals surface area contributed by atoms with E-state index in [1.165, 1.54) is 18.2 Å². The summed E-state index contributed by atoms with van der Waals surface area (Å²) >= 11 is 0. The van der Waals surface area contributed by atoms with Gasteiger partial charge < -0.3 is 14.6 Å². The first-order valence-corrected chi connectivity index (χ1v) is 8.65. The van der Waals surface area contributed by atoms with E-state index in [4.69, 9.17) is 14.6 Å². The fourth-order valence-electron chi connectivity index (χ4n) is 2.25. The van der Waals surface area contributed by atoms with E-state index < -0.39 is 22.1 Å². The van der Waals surface area contributed by atoms with Gasteiger partial charge >= 0.3 is 5.97 Å². The van der Waals surface area contributed by atoms with E-state index in [-0.39, 0.29) is 23.6 Å². The fraction of sp³-hybridized carbons (Fsp3) is 0.188. The van der Waals surface area contributed by atoms with Crippen LogP contribution < -0.4 is 14.2 Å². The van der Waals surface area contributed by atoms with E-state index in [0.717, 1.165) is 6.07 Å². The van der Waals surface area contributed by atoms with Gasteiger partial charge in [0, 0.05) is 0 Å². The van der Waals surface area contributed by atoms with E-state index in [9.17, 15) is 13.2 Å². The number of ether oxygens (including phenoxy) is 2. The molecule has 1 aliphatic rings. The lowest BCUT2D eigenvalue weighted by Crippen LogP contribution is -2.40. The molecule has 1 atom stereocenters. The molecule has 0 unspecified atom stereocenters. The number of benzene rings is 2. The first-order chi connectivity index (χ1) is 11.5. The maximum absolute atomic E-state index is 12.3. The summed E-state index contributed by atoms with van der Waals surface area (Å²) in [5, 5.41) is 8.95. The SMILES string of the molecule is O=C(O)c1cccc(S(=O)(=O)NC[C@@H]2COc3ccccc3O2)c1. The third kappa shape index (κ3) is 3.50. The lowest BCUT2D eigenvalue weighted by Gasteiger charge is -2.26. The molecule has 3 rings (SSSR count). The van der Waals surface area contributed by atoms with Gasteiger partial charge in [-0.15, -0.1) is 0 Å². The number of sulfonamides is 1. The van der Waals surface area contributed by atoms with Gasteiger partial charge in [0.1, 0.15) is 12.7 Å². The number of carboxylic acids is 1. The molecule has 1 heterocycles. The summed E-state index contributed by atoms with van der Waals surface area (Å²) in [6.45, 7) is 0.225. The van der Waals surface area contributed by atoms with Gasteiger partial charge in [0.2, 0.25) is 10.0 Å². The maximum atomic E-state index is 12.3. The number of rotatable bonds is 5. The highest BCUT2D eigenvalue weighted by molar-refractivity contribution is 7.89. The molecule has 0 saturated carbocycles. The highest BCUT2D eigenvalue weighted by Gasteiger charge is 2.23. The molecule has 8 heteroatoms. The van der Waals surface area contributed by atoms with Crippen molar-refractivity contribution in [3.63, 3.8) is 0 Å². The van der Waals surface area contributed by atoms with Crippen molar-refractivity contribution in [3.05, 3.63) is 54.1 Å². The van der Waals surface area contributed by atoms with Crippen molar-refractivity contribution in [2.75, 3.05) is 13.2 Å². The smallest absolute Gasteiger partial charge is 0.335 e. The molecule has 2 N–H and O–H groups in total. The van der Waals surface area contributed by atoms with E-state index >= 15 is 0 Å². The van der Waals surface area contributed by atoms with Gasteiger partial charge in [0.15, 0.2) is 11.5 Å². The number of carboxylic acid groups (broad SMARTS) is 1. The minimum atomic E-state index is -3.84. The molecule has 24 heavy (non-hydrogen) atoms. The molecular weight excluding hydrogens is 334 g/mol. The Morgan fingerprint density at radius 1 is 1.17 bits per heavy atom. The highest BCUT2D eigenvalue weighted by Crippen LogP contribution is 2.30. The van der Waals surface area contributed by atoms with E-state index in [0.29, 0.717) is 11.5 Å². The van der Waals surface area contributed by atoms with Crippen LogP contribution in [-0.4, -0.2) is 38.7 Å². The van der Waals surface area contributed by atoms with Crippen LogP contribution in [0.4, 0.5) is 0 Å². The number of hydrogen-bond acceptors (Lipinski definition) is 5. The third-order valence-corrected chi connectivity index (χ3v) is 4.88. The number of hydrogen-bond donors (Lipinski definition) is 2. The van der Waals surface area contributed by atoms with Gasteiger partial charge in [0.05, 0.1) is 17.0 Å². The average Bonchev–Trinajstić information content (AvgIpc) is 2.60. The normalized spacial score (nSPS) is 16.6. The zero-order valence-corrected chi connectivity index (χ0v) is 13.3. The van der Waals surface area contributed by atoms with Gasteiger partial charge in [-0.25, -0.2) is 17.9 Å². The maximum Gasteiger partial charge on any atom is 0.335 e. The molecule has 0 bridgehead atoms. The monoisotopic (exact) mass is 349 g/mol. The molecule has 2 aromatic rings. The van der Waals surface area contributed by atoms with Crippen LogP contribution in [0.25, 0.3) is 0 Å². The van der Waals surface area contributed by atoms with Crippen molar-refractivity contribution in [2.24, 2.45) is 0 Å². The Morgan fingerprint density at radius 2 is 1.92 bits per heavy atom. The largest absolute Gasteiger partial charge is 0.486 e. The number of nitrogens with one attached hydrogen (secondary N) is 1. The molecule has 0 aromatic heterocycles. The molecule has 0 amide bonds. The highest BCUT2D eigenvalue weighted by atomic mass is 32.2. The summed E-state index contributed by atoms with van der Waals surface area (Å²) in [6, 6.07) is 12.3. The summed E-state index contributed by atoms with van der Waals surface area (Å²) < 4.78 is 38.2. The van der Waals surface area contributed by atoms with Gasteiger partial charge in [-0.2, -0.15) is 0 Å². The Kier molecular flexibility index (Phi) is 4.41. The van der Waals surface area contributed by atoms with Crippen LogP contribution in [0.15, 0.2) is 53.4 Å². The second-order valence-corrected chi connectivity index (χ2v) is 6.95. The van der Waals surface area contributed by atoms with Crippen LogP contribution in [0.1, 0.15) is 10.4 Å². The molecule has 0 saturated heterocycles. The number of carbonyl (C=O) groups is 1. The number of aromatic carboxylic acids is 1. The molecule has 126 valence electrons. The molecular formula is C16H15NO6S. The Labute approximate surface area is 138 Å². The van der Waals surface area contributed by atoms with E-state index in [1.807, 2.05) is 6.07 Å². The van der Waals surface area contributed by atoms with Crippen molar-refractivity contribution >= 4 is 16.0 Å². The quantitative estimate of drug-likeness (QED) is 0.848. The van der Waals surface area contributed by atoms with Crippen molar-refractivity contribution in [3.8, 4) is 11.5 Å². The van der Waals surface area contributed by atoms with E-state index in [1.54, 1.807) is 18.2 Å². The van der Waals surface area contributed by atoms with Gasteiger partial charge in [0.25, 0.3) is 0 Å². The van der Waals surface area contributed by atoms with Crippen LogP contribution in [0.3, 0.4) is 0 Å². The lowest BCUT2D eigenvalue weighted by atomic mass is 10.2. The Bertz CT molecular complexity index is 864. The number of fused-ring (bicyclic) bond motifs is 1. The van der Waals surface area contributed by atoms with Crippen LogP contribution in [0.2, 0.25) is 0 Å². The zero-order valence-electron chi connectivity index (χ0n) is 12.5. The predicted octanol–water partition coefficient (Wildman–Crippen LogP) is 1.50. The molecule has 2 aromatic carbocycles. The molecule has 7 nitrogen and oxygen atoms in total. The molecule has 0 fully saturated rings. The van der Waals surface area contributed by atoms with Gasteiger partial charge in [-0.1, -0.05) is 18.2 Å². The van der Waals surface area contributed by atoms with E-state index in [2.05, 4.69) is 4.72 Å². The van der Waals surface area contributed by atoms with Crippen LogP contribution >= 0.6 is 0 Å². The summed E-state index contributed by atoms with van der Waals surface area (Å²) in [7, 11) is -3.84. The molecule has 0 radical (unpaired) electrons. The fourth-order valence-corrected chi connectivity index (χ4v) is 3.36. The number of para-hydroxylation sites is 2. The topological polar surface area (TPSA) is 102 Å². The van der Waals surface area contributed by atoms with Gasteiger partial charge in [-0.05, 0) is 30.3 Å². The van der Waals surface area contributed by atoms with Crippen molar-refractivity contribution < 1.29 is 27.8 Å². The molecule has 0 spiro atoms. The van der Waals surface area contributed by atoms with Crippen molar-refractivity contribution in [1.29, 1.82) is 0 Å². The average molecular weight is 349 g/mol. The minimum Gasteiger partial charge on any atom is -0.486 e. The molecule has 0 aliphatic carbocycles. The van der Waals surface area contributed by atoms with Crippen LogP contribution in [0, 0.1) is 0 Å². The summed E-state index contributed by atoms with van der Waals surface area (Å²) in [5.41, 5.74) is -0.0935.